The highest BCUT2D eigenvalue weighted by Gasteiger charge is 2.22. The van der Waals surface area contributed by atoms with E-state index in [0.29, 0.717) is 17.1 Å². The summed E-state index contributed by atoms with van der Waals surface area (Å²) in [7, 11) is 4.08. The molecule has 0 radical (unpaired) electrons. The molecule has 0 aliphatic rings. The van der Waals surface area contributed by atoms with Gasteiger partial charge < -0.3 is 4.90 Å². The predicted octanol–water partition coefficient (Wildman–Crippen LogP) is 5.58. The first-order valence-corrected chi connectivity index (χ1v) is 11.5. The van der Waals surface area contributed by atoms with Gasteiger partial charge in [0.2, 0.25) is 0 Å². The van der Waals surface area contributed by atoms with E-state index in [0.717, 1.165) is 38.8 Å². The number of carbonyl (C=O) groups is 1. The highest BCUT2D eigenvalue weighted by atomic mass is 35.5. The van der Waals surface area contributed by atoms with E-state index in [1.54, 1.807) is 16.7 Å². The Kier molecular flexibility index (Phi) is 6.99. The Labute approximate surface area is 179 Å². The molecule has 3 aromatic rings. The van der Waals surface area contributed by atoms with Gasteiger partial charge >= 0.3 is 0 Å². The molecule has 2 aromatic carbocycles. The quantitative estimate of drug-likeness (QED) is 0.456. The second-order valence-electron chi connectivity index (χ2n) is 6.86. The SMILES string of the molecule is CSc1ccc(C(=O)N(CCCN(C)C)c2nc3c(C)c(Cl)ccc3s2)cc1. The van der Waals surface area contributed by atoms with Crippen LogP contribution in [0.25, 0.3) is 10.2 Å². The minimum atomic E-state index is -0.0192. The number of thioether (sulfide) groups is 1. The number of fused-ring (bicyclic) bond motifs is 1. The summed E-state index contributed by atoms with van der Waals surface area (Å²) in [5.74, 6) is -0.0192. The van der Waals surface area contributed by atoms with Gasteiger partial charge in [-0.2, -0.15) is 0 Å². The third-order valence-electron chi connectivity index (χ3n) is 4.54. The van der Waals surface area contributed by atoms with Crippen molar-refractivity contribution in [2.45, 2.75) is 18.2 Å². The summed E-state index contributed by atoms with van der Waals surface area (Å²) in [5, 5.41) is 1.42. The Morgan fingerprint density at radius 2 is 1.86 bits per heavy atom. The van der Waals surface area contributed by atoms with Gasteiger partial charge in [0.05, 0.1) is 10.2 Å². The first-order chi connectivity index (χ1) is 13.4. The van der Waals surface area contributed by atoms with Crippen molar-refractivity contribution in [2.75, 3.05) is 38.3 Å². The third-order valence-corrected chi connectivity index (χ3v) is 6.73. The van der Waals surface area contributed by atoms with Gasteiger partial charge in [0, 0.05) is 22.0 Å². The molecule has 0 fully saturated rings. The van der Waals surface area contributed by atoms with E-state index in [2.05, 4.69) is 4.90 Å². The van der Waals surface area contributed by atoms with Crippen LogP contribution in [-0.2, 0) is 0 Å². The van der Waals surface area contributed by atoms with Crippen molar-refractivity contribution < 1.29 is 4.79 Å². The van der Waals surface area contributed by atoms with E-state index < -0.39 is 0 Å². The molecule has 0 aliphatic heterocycles. The zero-order valence-electron chi connectivity index (χ0n) is 16.5. The molecule has 1 aromatic heterocycles. The van der Waals surface area contributed by atoms with E-state index in [4.69, 9.17) is 16.6 Å². The third kappa shape index (κ3) is 4.69. The minimum absolute atomic E-state index is 0.0192. The molecule has 0 bridgehead atoms. The number of anilines is 1. The topological polar surface area (TPSA) is 36.4 Å². The van der Waals surface area contributed by atoms with Gasteiger partial charge in [-0.3, -0.25) is 9.69 Å². The molecule has 0 saturated heterocycles. The molecule has 0 N–H and O–H groups in total. The van der Waals surface area contributed by atoms with Crippen LogP contribution in [0.15, 0.2) is 41.3 Å². The van der Waals surface area contributed by atoms with E-state index in [9.17, 15) is 4.79 Å². The Morgan fingerprint density at radius 1 is 1.14 bits per heavy atom. The average Bonchev–Trinajstić information content (AvgIpc) is 3.12. The number of halogens is 1. The molecule has 3 rings (SSSR count). The van der Waals surface area contributed by atoms with E-state index in [1.807, 2.05) is 63.7 Å². The number of rotatable bonds is 7. The first-order valence-electron chi connectivity index (χ1n) is 9.07. The number of benzene rings is 2. The van der Waals surface area contributed by atoms with Gasteiger partial charge in [-0.15, -0.1) is 11.8 Å². The average molecular weight is 434 g/mol. The summed E-state index contributed by atoms with van der Waals surface area (Å²) in [5.41, 5.74) is 2.50. The molecule has 0 saturated carbocycles. The van der Waals surface area contributed by atoms with Crippen molar-refractivity contribution in [2.24, 2.45) is 0 Å². The molecule has 0 aliphatic carbocycles. The summed E-state index contributed by atoms with van der Waals surface area (Å²) in [6.07, 6.45) is 2.90. The van der Waals surface area contributed by atoms with Crippen LogP contribution in [-0.4, -0.2) is 49.2 Å². The van der Waals surface area contributed by atoms with Crippen molar-refractivity contribution in [3.8, 4) is 0 Å². The summed E-state index contributed by atoms with van der Waals surface area (Å²) in [6.45, 7) is 3.49. The van der Waals surface area contributed by atoms with Crippen LogP contribution in [0.2, 0.25) is 5.02 Å². The second-order valence-corrected chi connectivity index (χ2v) is 9.15. The van der Waals surface area contributed by atoms with Gasteiger partial charge in [0.1, 0.15) is 0 Å². The van der Waals surface area contributed by atoms with Crippen molar-refractivity contribution in [1.29, 1.82) is 0 Å². The molecule has 0 unspecified atom stereocenters. The molecule has 0 spiro atoms. The van der Waals surface area contributed by atoms with Gasteiger partial charge in [-0.25, -0.2) is 4.98 Å². The Morgan fingerprint density at radius 3 is 2.50 bits per heavy atom. The largest absolute Gasteiger partial charge is 0.309 e. The van der Waals surface area contributed by atoms with E-state index in [1.165, 1.54) is 11.3 Å². The molecule has 0 atom stereocenters. The number of carbonyl (C=O) groups excluding carboxylic acids is 1. The number of aromatic nitrogens is 1. The Hall–Kier alpha value is -1.60. The van der Waals surface area contributed by atoms with Crippen LogP contribution in [0, 0.1) is 6.92 Å². The first kappa shape index (κ1) is 21.1. The molecule has 1 heterocycles. The van der Waals surface area contributed by atoms with Gasteiger partial charge in [0.15, 0.2) is 5.13 Å². The maximum Gasteiger partial charge on any atom is 0.260 e. The van der Waals surface area contributed by atoms with Crippen LogP contribution in [0.3, 0.4) is 0 Å². The van der Waals surface area contributed by atoms with Gasteiger partial charge in [-0.05, 0) is 82.2 Å². The molecule has 148 valence electrons. The Bertz CT molecular complexity index is 970. The summed E-state index contributed by atoms with van der Waals surface area (Å²) >= 11 is 9.46. The summed E-state index contributed by atoms with van der Waals surface area (Å²) in [4.78, 5) is 23.1. The van der Waals surface area contributed by atoms with Gasteiger partial charge in [0.25, 0.3) is 5.91 Å². The lowest BCUT2D eigenvalue weighted by atomic mass is 10.2. The van der Waals surface area contributed by atoms with E-state index in [-0.39, 0.29) is 5.91 Å². The molecular weight excluding hydrogens is 410 g/mol. The monoisotopic (exact) mass is 433 g/mol. The Balaban J connectivity index is 1.96. The smallest absolute Gasteiger partial charge is 0.260 e. The normalized spacial score (nSPS) is 11.4. The lowest BCUT2D eigenvalue weighted by molar-refractivity contribution is 0.0986. The number of hydrogen-bond acceptors (Lipinski definition) is 5. The van der Waals surface area contributed by atoms with Crippen molar-refractivity contribution >= 4 is 56.0 Å². The number of hydrogen-bond donors (Lipinski definition) is 0. The lowest BCUT2D eigenvalue weighted by Crippen LogP contribution is -2.33. The van der Waals surface area contributed by atoms with Gasteiger partial charge in [-0.1, -0.05) is 22.9 Å². The molecule has 1 amide bonds. The van der Waals surface area contributed by atoms with Crippen LogP contribution in [0.1, 0.15) is 22.3 Å². The predicted molar refractivity (Wildman–Crippen MR) is 122 cm³/mol. The maximum atomic E-state index is 13.3. The van der Waals surface area contributed by atoms with Crippen molar-refractivity contribution in [3.05, 3.63) is 52.5 Å². The number of nitrogens with zero attached hydrogens (tertiary/aromatic N) is 3. The zero-order chi connectivity index (χ0) is 20.3. The molecule has 4 nitrogen and oxygen atoms in total. The second kappa shape index (κ2) is 9.27. The van der Waals surface area contributed by atoms with E-state index >= 15 is 0 Å². The molecule has 7 heteroatoms. The minimum Gasteiger partial charge on any atom is -0.309 e. The lowest BCUT2D eigenvalue weighted by Gasteiger charge is -2.21. The molecular formula is C21H24ClN3OS2. The fourth-order valence-electron chi connectivity index (χ4n) is 2.92. The number of amides is 1. The summed E-state index contributed by atoms with van der Waals surface area (Å²) in [6, 6.07) is 11.6. The molecule has 28 heavy (non-hydrogen) atoms. The summed E-state index contributed by atoms with van der Waals surface area (Å²) < 4.78 is 1.04. The fourth-order valence-corrected chi connectivity index (χ4v) is 4.53. The van der Waals surface area contributed by atoms with Crippen LogP contribution < -0.4 is 4.90 Å². The number of thiazole rings is 1. The number of aryl methyl sites for hydroxylation is 1. The standard InChI is InChI=1S/C21H24ClN3OS2/c1-14-17(22)10-11-18-19(14)23-21(28-18)25(13-5-12-24(2)3)20(26)15-6-8-16(27-4)9-7-15/h6-11H,5,12-13H2,1-4H3. The van der Waals surface area contributed by atoms with Crippen LogP contribution in [0.4, 0.5) is 5.13 Å². The zero-order valence-corrected chi connectivity index (χ0v) is 18.9. The van der Waals surface area contributed by atoms with Crippen LogP contribution >= 0.6 is 34.7 Å². The maximum absolute atomic E-state index is 13.3. The van der Waals surface area contributed by atoms with Crippen molar-refractivity contribution in [3.63, 3.8) is 0 Å². The van der Waals surface area contributed by atoms with Crippen molar-refractivity contribution in [1.82, 2.24) is 9.88 Å². The fraction of sp³-hybridized carbons (Fsp3) is 0.333. The highest BCUT2D eigenvalue weighted by molar-refractivity contribution is 7.98. The highest BCUT2D eigenvalue weighted by Crippen LogP contribution is 2.34. The van der Waals surface area contributed by atoms with Crippen LogP contribution in [0.5, 0.6) is 0 Å².